The first-order chi connectivity index (χ1) is 6.40. The van der Waals surface area contributed by atoms with Crippen LogP contribution >= 0.6 is 0 Å². The van der Waals surface area contributed by atoms with E-state index in [1.807, 2.05) is 0 Å². The molecule has 0 saturated heterocycles. The van der Waals surface area contributed by atoms with Crippen molar-refractivity contribution in [1.29, 1.82) is 0 Å². The van der Waals surface area contributed by atoms with E-state index < -0.39 is 0 Å². The lowest BCUT2D eigenvalue weighted by Crippen LogP contribution is -2.09. The normalized spacial score (nSPS) is 17.0. The second kappa shape index (κ2) is 3.90. The third-order valence-corrected chi connectivity index (χ3v) is 2.78. The third kappa shape index (κ3) is 1.90. The summed E-state index contributed by atoms with van der Waals surface area (Å²) in [5.41, 5.74) is 2.62. The number of hydrogen-bond donors (Lipinski definition) is 1. The zero-order chi connectivity index (χ0) is 9.10. The molecule has 0 heterocycles. The molecule has 13 heavy (non-hydrogen) atoms. The van der Waals surface area contributed by atoms with E-state index in [1.165, 1.54) is 30.4 Å². The molecule has 1 aliphatic rings. The number of hydrogen-bond acceptors (Lipinski definition) is 2. The molecule has 0 bridgehead atoms. The van der Waals surface area contributed by atoms with Crippen molar-refractivity contribution in [3.63, 3.8) is 0 Å². The molecule has 2 rings (SSSR count). The van der Waals surface area contributed by atoms with Gasteiger partial charge < -0.3 is 0 Å². The Bertz CT molecular complexity index is 281. The molecular formula is C11H15NO. The van der Waals surface area contributed by atoms with Crippen molar-refractivity contribution < 1.29 is 4.84 Å². The molecule has 2 N–H and O–H groups in total. The quantitative estimate of drug-likeness (QED) is 0.719. The average molecular weight is 177 g/mol. The Hall–Kier alpha value is -0.860. The van der Waals surface area contributed by atoms with Crippen LogP contribution in [0.4, 0.5) is 0 Å². The van der Waals surface area contributed by atoms with Crippen LogP contribution in [0.25, 0.3) is 0 Å². The van der Waals surface area contributed by atoms with E-state index >= 15 is 0 Å². The summed E-state index contributed by atoms with van der Waals surface area (Å²) >= 11 is 0. The molecule has 0 aromatic heterocycles. The molecule has 2 heteroatoms. The van der Waals surface area contributed by atoms with Gasteiger partial charge in [0.05, 0.1) is 6.61 Å². The SMILES string of the molecule is NOCc1cccc(C2CCC2)c1. The molecule has 0 aliphatic heterocycles. The molecular weight excluding hydrogens is 162 g/mol. The monoisotopic (exact) mass is 177 g/mol. The highest BCUT2D eigenvalue weighted by Gasteiger charge is 2.19. The molecule has 1 fully saturated rings. The van der Waals surface area contributed by atoms with Crippen LogP contribution in [0.5, 0.6) is 0 Å². The van der Waals surface area contributed by atoms with E-state index in [0.29, 0.717) is 6.61 Å². The van der Waals surface area contributed by atoms with E-state index in [4.69, 9.17) is 5.90 Å². The summed E-state index contributed by atoms with van der Waals surface area (Å²) in [6.45, 7) is 0.514. The van der Waals surface area contributed by atoms with Crippen LogP contribution in [0, 0.1) is 0 Å². The number of nitrogens with two attached hydrogens (primary N) is 1. The molecule has 1 aliphatic carbocycles. The van der Waals surface area contributed by atoms with Crippen LogP contribution in [0.3, 0.4) is 0 Å². The minimum Gasteiger partial charge on any atom is -0.300 e. The molecule has 0 amide bonds. The largest absolute Gasteiger partial charge is 0.300 e. The third-order valence-electron chi connectivity index (χ3n) is 2.78. The highest BCUT2D eigenvalue weighted by atomic mass is 16.6. The molecule has 1 aromatic carbocycles. The summed E-state index contributed by atoms with van der Waals surface area (Å²) < 4.78 is 0. The highest BCUT2D eigenvalue weighted by molar-refractivity contribution is 5.27. The lowest BCUT2D eigenvalue weighted by Gasteiger charge is -2.26. The van der Waals surface area contributed by atoms with Crippen LogP contribution in [0.15, 0.2) is 24.3 Å². The second-order valence-electron chi connectivity index (χ2n) is 3.68. The minimum absolute atomic E-state index is 0.514. The first-order valence-electron chi connectivity index (χ1n) is 4.80. The van der Waals surface area contributed by atoms with Gasteiger partial charge in [0.1, 0.15) is 0 Å². The van der Waals surface area contributed by atoms with Crippen molar-refractivity contribution in [3.8, 4) is 0 Å². The minimum atomic E-state index is 0.514. The summed E-state index contributed by atoms with van der Waals surface area (Å²) in [6, 6.07) is 8.54. The van der Waals surface area contributed by atoms with Crippen LogP contribution < -0.4 is 5.90 Å². The summed E-state index contributed by atoms with van der Waals surface area (Å²) in [6.07, 6.45) is 4.06. The van der Waals surface area contributed by atoms with Gasteiger partial charge in [-0.2, -0.15) is 0 Å². The first-order valence-corrected chi connectivity index (χ1v) is 4.80. The zero-order valence-electron chi connectivity index (χ0n) is 7.70. The van der Waals surface area contributed by atoms with Gasteiger partial charge in [-0.25, -0.2) is 5.90 Å². The Labute approximate surface area is 78.7 Å². The summed E-state index contributed by atoms with van der Waals surface area (Å²) in [5, 5.41) is 0. The van der Waals surface area contributed by atoms with Gasteiger partial charge in [0.25, 0.3) is 0 Å². The van der Waals surface area contributed by atoms with Gasteiger partial charge in [0.2, 0.25) is 0 Å². The predicted molar refractivity (Wildman–Crippen MR) is 52.0 cm³/mol. The molecule has 0 unspecified atom stereocenters. The smallest absolute Gasteiger partial charge is 0.0930 e. The Balaban J connectivity index is 2.11. The maximum atomic E-state index is 5.03. The Morgan fingerprint density at radius 1 is 1.38 bits per heavy atom. The van der Waals surface area contributed by atoms with Crippen molar-refractivity contribution in [2.24, 2.45) is 5.90 Å². The van der Waals surface area contributed by atoms with E-state index in [0.717, 1.165) is 5.92 Å². The van der Waals surface area contributed by atoms with Crippen molar-refractivity contribution in [1.82, 2.24) is 0 Å². The van der Waals surface area contributed by atoms with Gasteiger partial charge in [0.15, 0.2) is 0 Å². The molecule has 70 valence electrons. The standard InChI is InChI=1S/C11H15NO/c12-13-8-9-3-1-6-11(7-9)10-4-2-5-10/h1,3,6-7,10H,2,4-5,8,12H2. The summed E-state index contributed by atoms with van der Waals surface area (Å²) in [4.78, 5) is 4.61. The molecule has 1 saturated carbocycles. The van der Waals surface area contributed by atoms with Gasteiger partial charge in [0, 0.05) is 0 Å². The molecule has 0 spiro atoms. The Morgan fingerprint density at radius 3 is 2.85 bits per heavy atom. The Morgan fingerprint density at radius 2 is 2.23 bits per heavy atom. The van der Waals surface area contributed by atoms with Crippen molar-refractivity contribution in [3.05, 3.63) is 35.4 Å². The zero-order valence-corrected chi connectivity index (χ0v) is 7.70. The van der Waals surface area contributed by atoms with E-state index in [-0.39, 0.29) is 0 Å². The maximum absolute atomic E-state index is 5.03. The van der Waals surface area contributed by atoms with Gasteiger partial charge in [-0.05, 0) is 29.9 Å². The molecule has 0 radical (unpaired) electrons. The molecule has 0 atom stereocenters. The van der Waals surface area contributed by atoms with Crippen LogP contribution in [0.2, 0.25) is 0 Å². The van der Waals surface area contributed by atoms with Crippen molar-refractivity contribution in [2.75, 3.05) is 0 Å². The van der Waals surface area contributed by atoms with Crippen LogP contribution in [-0.4, -0.2) is 0 Å². The number of rotatable bonds is 3. The molecule has 1 aromatic rings. The van der Waals surface area contributed by atoms with Gasteiger partial charge in [-0.3, -0.25) is 4.84 Å². The van der Waals surface area contributed by atoms with Crippen LogP contribution in [-0.2, 0) is 11.4 Å². The maximum Gasteiger partial charge on any atom is 0.0930 e. The first kappa shape index (κ1) is 8.73. The van der Waals surface area contributed by atoms with Gasteiger partial charge >= 0.3 is 0 Å². The highest BCUT2D eigenvalue weighted by Crippen LogP contribution is 2.36. The Kier molecular flexibility index (Phi) is 2.62. The fourth-order valence-corrected chi connectivity index (χ4v) is 1.77. The molecule has 2 nitrogen and oxygen atoms in total. The van der Waals surface area contributed by atoms with E-state index in [9.17, 15) is 0 Å². The fourth-order valence-electron chi connectivity index (χ4n) is 1.77. The summed E-state index contributed by atoms with van der Waals surface area (Å²) in [5.74, 6) is 5.82. The topological polar surface area (TPSA) is 35.2 Å². The fraction of sp³-hybridized carbons (Fsp3) is 0.455. The second-order valence-corrected chi connectivity index (χ2v) is 3.68. The lowest BCUT2D eigenvalue weighted by molar-refractivity contribution is 0.124. The van der Waals surface area contributed by atoms with E-state index in [2.05, 4.69) is 29.1 Å². The predicted octanol–water partition coefficient (Wildman–Crippen LogP) is 2.34. The average Bonchev–Trinajstić information content (AvgIpc) is 2.02. The summed E-state index contributed by atoms with van der Waals surface area (Å²) in [7, 11) is 0. The van der Waals surface area contributed by atoms with Gasteiger partial charge in [-0.1, -0.05) is 30.7 Å². The van der Waals surface area contributed by atoms with Crippen LogP contribution in [0.1, 0.15) is 36.3 Å². The number of benzene rings is 1. The van der Waals surface area contributed by atoms with E-state index in [1.54, 1.807) is 0 Å². The van der Waals surface area contributed by atoms with Crippen molar-refractivity contribution in [2.45, 2.75) is 31.8 Å². The van der Waals surface area contributed by atoms with Gasteiger partial charge in [-0.15, -0.1) is 0 Å². The van der Waals surface area contributed by atoms with Crippen molar-refractivity contribution >= 4 is 0 Å². The lowest BCUT2D eigenvalue weighted by atomic mass is 9.80.